The van der Waals surface area contributed by atoms with E-state index in [1.54, 1.807) is 6.07 Å². The van der Waals surface area contributed by atoms with Crippen LogP contribution in [0.2, 0.25) is 0 Å². The summed E-state index contributed by atoms with van der Waals surface area (Å²) >= 11 is 0. The average Bonchev–Trinajstić information content (AvgIpc) is 2.45. The van der Waals surface area contributed by atoms with Crippen LogP contribution < -0.4 is 10.2 Å². The smallest absolute Gasteiger partial charge is 0.146 e. The molecule has 3 heteroatoms. The van der Waals surface area contributed by atoms with Crippen LogP contribution in [-0.2, 0) is 6.54 Å². The number of nitrogens with one attached hydrogen (secondary N) is 1. The van der Waals surface area contributed by atoms with Crippen molar-refractivity contribution >= 4 is 5.69 Å². The third kappa shape index (κ3) is 4.20. The number of benzene rings is 1. The number of unbranched alkanes of at least 4 members (excludes halogenated alkanes) is 1. The second kappa shape index (κ2) is 7.63. The van der Waals surface area contributed by atoms with Gasteiger partial charge in [0, 0.05) is 19.6 Å². The van der Waals surface area contributed by atoms with Crippen molar-refractivity contribution in [3.8, 4) is 0 Å². The Hall–Kier alpha value is -1.09. The van der Waals surface area contributed by atoms with Gasteiger partial charge in [0.1, 0.15) is 5.82 Å². The number of anilines is 1. The monoisotopic (exact) mass is 278 g/mol. The van der Waals surface area contributed by atoms with Crippen LogP contribution in [0.4, 0.5) is 10.1 Å². The molecule has 1 unspecified atom stereocenters. The summed E-state index contributed by atoms with van der Waals surface area (Å²) in [7, 11) is 0. The van der Waals surface area contributed by atoms with Crippen LogP contribution >= 0.6 is 0 Å². The zero-order chi connectivity index (χ0) is 14.4. The van der Waals surface area contributed by atoms with E-state index in [0.717, 1.165) is 31.9 Å². The predicted molar refractivity (Wildman–Crippen MR) is 83.6 cm³/mol. The number of hydrogen-bond donors (Lipinski definition) is 1. The fourth-order valence-corrected chi connectivity index (χ4v) is 2.85. The van der Waals surface area contributed by atoms with Crippen LogP contribution in [0.1, 0.15) is 45.1 Å². The van der Waals surface area contributed by atoms with Gasteiger partial charge in [-0.3, -0.25) is 0 Å². The molecule has 1 aromatic rings. The number of piperidine rings is 1. The highest BCUT2D eigenvalue weighted by atomic mass is 19.1. The number of halogens is 1. The van der Waals surface area contributed by atoms with E-state index in [2.05, 4.69) is 24.1 Å². The third-order valence-electron chi connectivity index (χ3n) is 4.04. The van der Waals surface area contributed by atoms with Crippen molar-refractivity contribution < 1.29 is 4.39 Å². The van der Waals surface area contributed by atoms with E-state index in [9.17, 15) is 4.39 Å². The lowest BCUT2D eigenvalue weighted by molar-refractivity contribution is 0.442. The lowest BCUT2D eigenvalue weighted by atomic mass is 9.99. The Morgan fingerprint density at radius 2 is 2.25 bits per heavy atom. The Morgan fingerprint density at radius 1 is 1.40 bits per heavy atom. The Bertz CT molecular complexity index is 419. The fraction of sp³-hybridized carbons (Fsp3) is 0.647. The minimum atomic E-state index is -0.0867. The molecule has 2 nitrogen and oxygen atoms in total. The molecule has 1 N–H and O–H groups in total. The summed E-state index contributed by atoms with van der Waals surface area (Å²) in [5.41, 5.74) is 1.96. The molecule has 1 heterocycles. The van der Waals surface area contributed by atoms with E-state index in [1.807, 2.05) is 12.1 Å². The van der Waals surface area contributed by atoms with E-state index in [1.165, 1.54) is 31.2 Å². The minimum Gasteiger partial charge on any atom is -0.369 e. The van der Waals surface area contributed by atoms with Crippen molar-refractivity contribution in [3.05, 3.63) is 29.6 Å². The average molecular weight is 278 g/mol. The first-order valence-electron chi connectivity index (χ1n) is 7.94. The first-order chi connectivity index (χ1) is 9.70. The summed E-state index contributed by atoms with van der Waals surface area (Å²) < 4.78 is 14.1. The molecule has 0 amide bonds. The highest BCUT2D eigenvalue weighted by Crippen LogP contribution is 2.26. The fourth-order valence-electron chi connectivity index (χ4n) is 2.85. The Labute approximate surface area is 122 Å². The van der Waals surface area contributed by atoms with Crippen LogP contribution in [0.3, 0.4) is 0 Å². The summed E-state index contributed by atoms with van der Waals surface area (Å²) in [6.07, 6.45) is 4.82. The van der Waals surface area contributed by atoms with Crippen LogP contribution in [0.5, 0.6) is 0 Å². The van der Waals surface area contributed by atoms with E-state index in [4.69, 9.17) is 0 Å². The summed E-state index contributed by atoms with van der Waals surface area (Å²) in [5.74, 6) is 0.575. The molecule has 0 aliphatic carbocycles. The summed E-state index contributed by atoms with van der Waals surface area (Å²) in [6, 6.07) is 5.53. The SMILES string of the molecule is CCCCNCc1ccc(F)c(N2CCCC(C)C2)c1. The molecule has 1 atom stereocenters. The van der Waals surface area contributed by atoms with Gasteiger partial charge in [-0.25, -0.2) is 4.39 Å². The molecule has 0 saturated carbocycles. The van der Waals surface area contributed by atoms with E-state index in [-0.39, 0.29) is 5.82 Å². The van der Waals surface area contributed by atoms with Crippen LogP contribution in [0.25, 0.3) is 0 Å². The number of hydrogen-bond acceptors (Lipinski definition) is 2. The van der Waals surface area contributed by atoms with Gasteiger partial charge in [0.15, 0.2) is 0 Å². The second-order valence-electron chi connectivity index (χ2n) is 6.01. The van der Waals surface area contributed by atoms with Crippen molar-refractivity contribution in [2.75, 3.05) is 24.5 Å². The largest absolute Gasteiger partial charge is 0.369 e. The maximum absolute atomic E-state index is 14.1. The summed E-state index contributed by atoms with van der Waals surface area (Å²) in [6.45, 7) is 8.26. The quantitative estimate of drug-likeness (QED) is 0.793. The van der Waals surface area contributed by atoms with Gasteiger partial charge in [-0.1, -0.05) is 26.3 Å². The molecule has 1 aliphatic rings. The molecular formula is C17H27FN2. The molecule has 2 rings (SSSR count). The number of nitrogens with zero attached hydrogens (tertiary/aromatic N) is 1. The molecule has 0 radical (unpaired) electrons. The van der Waals surface area contributed by atoms with Gasteiger partial charge in [0.2, 0.25) is 0 Å². The minimum absolute atomic E-state index is 0.0867. The van der Waals surface area contributed by atoms with Gasteiger partial charge in [-0.2, -0.15) is 0 Å². The third-order valence-corrected chi connectivity index (χ3v) is 4.04. The molecule has 1 fully saturated rings. The van der Waals surface area contributed by atoms with Crippen LogP contribution in [0.15, 0.2) is 18.2 Å². The molecule has 112 valence electrons. The lowest BCUT2D eigenvalue weighted by Gasteiger charge is -2.33. The maximum Gasteiger partial charge on any atom is 0.146 e. The van der Waals surface area contributed by atoms with Crippen LogP contribution in [-0.4, -0.2) is 19.6 Å². The van der Waals surface area contributed by atoms with Crippen molar-refractivity contribution in [1.82, 2.24) is 5.32 Å². The topological polar surface area (TPSA) is 15.3 Å². The van der Waals surface area contributed by atoms with Crippen molar-refractivity contribution in [2.45, 2.75) is 46.1 Å². The zero-order valence-corrected chi connectivity index (χ0v) is 12.8. The molecule has 1 saturated heterocycles. The Kier molecular flexibility index (Phi) is 5.84. The molecular weight excluding hydrogens is 251 g/mol. The molecule has 0 bridgehead atoms. The highest BCUT2D eigenvalue weighted by Gasteiger charge is 2.19. The second-order valence-corrected chi connectivity index (χ2v) is 6.01. The molecule has 1 aliphatic heterocycles. The first kappa shape index (κ1) is 15.3. The van der Waals surface area contributed by atoms with Gasteiger partial charge < -0.3 is 10.2 Å². The Morgan fingerprint density at radius 3 is 3.00 bits per heavy atom. The van der Waals surface area contributed by atoms with Crippen molar-refractivity contribution in [3.63, 3.8) is 0 Å². The van der Waals surface area contributed by atoms with E-state index in [0.29, 0.717) is 5.92 Å². The first-order valence-corrected chi connectivity index (χ1v) is 7.94. The predicted octanol–water partition coefficient (Wildman–Crippen LogP) is 3.95. The van der Waals surface area contributed by atoms with Gasteiger partial charge in [-0.05, 0) is 49.4 Å². The zero-order valence-electron chi connectivity index (χ0n) is 12.8. The van der Waals surface area contributed by atoms with Gasteiger partial charge in [-0.15, -0.1) is 0 Å². The van der Waals surface area contributed by atoms with Gasteiger partial charge >= 0.3 is 0 Å². The standard InChI is InChI=1S/C17H27FN2/c1-3-4-9-19-12-15-7-8-16(18)17(11-15)20-10-5-6-14(2)13-20/h7-8,11,14,19H,3-6,9-10,12-13H2,1-2H3. The normalized spacial score (nSPS) is 19.4. The molecule has 20 heavy (non-hydrogen) atoms. The van der Waals surface area contributed by atoms with Gasteiger partial charge in [0.05, 0.1) is 5.69 Å². The van der Waals surface area contributed by atoms with Gasteiger partial charge in [0.25, 0.3) is 0 Å². The summed E-state index contributed by atoms with van der Waals surface area (Å²) in [5, 5.41) is 3.42. The number of rotatable bonds is 6. The molecule has 1 aromatic carbocycles. The summed E-state index contributed by atoms with van der Waals surface area (Å²) in [4.78, 5) is 2.21. The molecule has 0 aromatic heterocycles. The molecule has 0 spiro atoms. The van der Waals surface area contributed by atoms with Crippen LogP contribution in [0, 0.1) is 11.7 Å². The van der Waals surface area contributed by atoms with E-state index >= 15 is 0 Å². The highest BCUT2D eigenvalue weighted by molar-refractivity contribution is 5.50. The van der Waals surface area contributed by atoms with Crippen molar-refractivity contribution in [2.24, 2.45) is 5.92 Å². The lowest BCUT2D eigenvalue weighted by Crippen LogP contribution is -2.34. The Balaban J connectivity index is 2.00. The van der Waals surface area contributed by atoms with E-state index < -0.39 is 0 Å². The maximum atomic E-state index is 14.1. The van der Waals surface area contributed by atoms with Crippen molar-refractivity contribution in [1.29, 1.82) is 0 Å².